The molecule has 1 fully saturated rings. The monoisotopic (exact) mass is 296 g/mol. The van der Waals surface area contributed by atoms with Crippen molar-refractivity contribution in [3.63, 3.8) is 0 Å². The molecule has 3 N–H and O–H groups in total. The molecule has 1 amide bonds. The molecule has 0 heterocycles. The van der Waals surface area contributed by atoms with Gasteiger partial charge in [-0.25, -0.2) is 0 Å². The summed E-state index contributed by atoms with van der Waals surface area (Å²) < 4.78 is 0.975. The van der Waals surface area contributed by atoms with Crippen molar-refractivity contribution in [2.75, 3.05) is 11.9 Å². The van der Waals surface area contributed by atoms with Gasteiger partial charge in [0.25, 0.3) is 0 Å². The number of benzene rings is 1. The first kappa shape index (κ1) is 12.6. The average Bonchev–Trinajstić information content (AvgIpc) is 2.14. The molecule has 0 aromatic heterocycles. The number of rotatable bonds is 3. The minimum atomic E-state index is -0.323. The summed E-state index contributed by atoms with van der Waals surface area (Å²) in [4.78, 5) is 12.2. The lowest BCUT2D eigenvalue weighted by Crippen LogP contribution is -2.47. The van der Waals surface area contributed by atoms with E-state index < -0.39 is 0 Å². The SMILES string of the molecule is Cc1cc(Br)cc(NC(=O)C2(CN)CCC2)c1. The van der Waals surface area contributed by atoms with Gasteiger partial charge >= 0.3 is 0 Å². The van der Waals surface area contributed by atoms with Crippen LogP contribution in [0.5, 0.6) is 0 Å². The summed E-state index contributed by atoms with van der Waals surface area (Å²) in [5.41, 5.74) is 7.34. The van der Waals surface area contributed by atoms with E-state index in [9.17, 15) is 4.79 Å². The molecule has 0 spiro atoms. The van der Waals surface area contributed by atoms with Gasteiger partial charge in [-0.15, -0.1) is 0 Å². The number of anilines is 1. The molecule has 1 saturated carbocycles. The van der Waals surface area contributed by atoms with Crippen molar-refractivity contribution >= 4 is 27.5 Å². The summed E-state index contributed by atoms with van der Waals surface area (Å²) in [6.07, 6.45) is 2.91. The van der Waals surface area contributed by atoms with E-state index in [1.807, 2.05) is 25.1 Å². The van der Waals surface area contributed by atoms with Crippen LogP contribution < -0.4 is 11.1 Å². The number of aryl methyl sites for hydroxylation is 1. The molecule has 0 atom stereocenters. The highest BCUT2D eigenvalue weighted by atomic mass is 79.9. The third kappa shape index (κ3) is 2.53. The van der Waals surface area contributed by atoms with Crippen LogP contribution in [0.15, 0.2) is 22.7 Å². The molecule has 0 unspecified atom stereocenters. The zero-order valence-electron chi connectivity index (χ0n) is 9.92. The second-order valence-corrected chi connectivity index (χ2v) is 5.73. The van der Waals surface area contributed by atoms with Gasteiger partial charge in [-0.1, -0.05) is 22.4 Å². The smallest absolute Gasteiger partial charge is 0.231 e. The topological polar surface area (TPSA) is 55.1 Å². The highest BCUT2D eigenvalue weighted by Crippen LogP contribution is 2.40. The predicted molar refractivity (Wildman–Crippen MR) is 72.8 cm³/mol. The van der Waals surface area contributed by atoms with Crippen LogP contribution in [0.25, 0.3) is 0 Å². The Labute approximate surface area is 110 Å². The van der Waals surface area contributed by atoms with Crippen LogP contribution in [-0.2, 0) is 4.79 Å². The lowest BCUT2D eigenvalue weighted by molar-refractivity contribution is -0.129. The Morgan fingerprint density at radius 3 is 2.65 bits per heavy atom. The van der Waals surface area contributed by atoms with Gasteiger partial charge in [0.1, 0.15) is 0 Å². The van der Waals surface area contributed by atoms with Crippen LogP contribution in [0.2, 0.25) is 0 Å². The highest BCUT2D eigenvalue weighted by molar-refractivity contribution is 9.10. The van der Waals surface area contributed by atoms with E-state index in [1.165, 1.54) is 0 Å². The fraction of sp³-hybridized carbons (Fsp3) is 0.462. The van der Waals surface area contributed by atoms with E-state index in [-0.39, 0.29) is 11.3 Å². The van der Waals surface area contributed by atoms with Crippen LogP contribution in [0.3, 0.4) is 0 Å². The lowest BCUT2D eigenvalue weighted by Gasteiger charge is -2.39. The molecule has 2 rings (SSSR count). The molecular formula is C13H17BrN2O. The van der Waals surface area contributed by atoms with Gasteiger partial charge in [0.15, 0.2) is 0 Å². The molecule has 0 radical (unpaired) electrons. The van der Waals surface area contributed by atoms with E-state index in [0.717, 1.165) is 35.0 Å². The summed E-state index contributed by atoms with van der Waals surface area (Å²) >= 11 is 3.43. The number of nitrogens with two attached hydrogens (primary N) is 1. The van der Waals surface area contributed by atoms with Crippen LogP contribution in [-0.4, -0.2) is 12.5 Å². The fourth-order valence-electron chi connectivity index (χ4n) is 2.20. The molecule has 1 aromatic carbocycles. The summed E-state index contributed by atoms with van der Waals surface area (Å²) in [5.74, 6) is 0.0590. The molecular weight excluding hydrogens is 280 g/mol. The summed E-state index contributed by atoms with van der Waals surface area (Å²) in [5, 5.41) is 2.97. The van der Waals surface area contributed by atoms with E-state index >= 15 is 0 Å². The molecule has 17 heavy (non-hydrogen) atoms. The number of amides is 1. The summed E-state index contributed by atoms with van der Waals surface area (Å²) in [7, 11) is 0. The fourth-order valence-corrected chi connectivity index (χ4v) is 2.81. The Hall–Kier alpha value is -0.870. The molecule has 3 nitrogen and oxygen atoms in total. The van der Waals surface area contributed by atoms with Gasteiger partial charge in [-0.3, -0.25) is 4.79 Å². The second kappa shape index (κ2) is 4.78. The molecule has 0 aliphatic heterocycles. The van der Waals surface area contributed by atoms with Crippen molar-refractivity contribution in [3.8, 4) is 0 Å². The number of hydrogen-bond donors (Lipinski definition) is 2. The van der Waals surface area contributed by atoms with Crippen LogP contribution in [0.4, 0.5) is 5.69 Å². The summed E-state index contributed by atoms with van der Waals surface area (Å²) in [6.45, 7) is 2.44. The van der Waals surface area contributed by atoms with Gasteiger partial charge < -0.3 is 11.1 Å². The molecule has 4 heteroatoms. The Bertz CT molecular complexity index is 415. The van der Waals surface area contributed by atoms with Gasteiger partial charge in [-0.2, -0.15) is 0 Å². The molecule has 0 bridgehead atoms. The summed E-state index contributed by atoms with van der Waals surface area (Å²) in [6, 6.07) is 5.89. The first-order valence-corrected chi connectivity index (χ1v) is 6.64. The van der Waals surface area contributed by atoms with Crippen LogP contribution in [0.1, 0.15) is 24.8 Å². The average molecular weight is 297 g/mol. The van der Waals surface area contributed by atoms with Crippen molar-refractivity contribution in [3.05, 3.63) is 28.2 Å². The van der Waals surface area contributed by atoms with E-state index in [1.54, 1.807) is 0 Å². The standard InChI is InChI=1S/C13H17BrN2O/c1-9-5-10(14)7-11(6-9)16-12(17)13(8-15)3-2-4-13/h5-7H,2-4,8,15H2,1H3,(H,16,17). The third-order valence-electron chi connectivity index (χ3n) is 3.48. The van der Waals surface area contributed by atoms with Crippen molar-refractivity contribution in [2.24, 2.45) is 11.1 Å². The van der Waals surface area contributed by atoms with Gasteiger partial charge in [0.05, 0.1) is 5.41 Å². The minimum absolute atomic E-state index is 0.0590. The van der Waals surface area contributed by atoms with Gasteiger partial charge in [-0.05, 0) is 43.5 Å². The minimum Gasteiger partial charge on any atom is -0.329 e. The van der Waals surface area contributed by atoms with Gasteiger partial charge in [0, 0.05) is 16.7 Å². The van der Waals surface area contributed by atoms with Crippen molar-refractivity contribution < 1.29 is 4.79 Å². The maximum absolute atomic E-state index is 12.2. The molecule has 0 saturated heterocycles. The maximum Gasteiger partial charge on any atom is 0.231 e. The van der Waals surface area contributed by atoms with E-state index in [2.05, 4.69) is 21.2 Å². The zero-order valence-corrected chi connectivity index (χ0v) is 11.5. The quantitative estimate of drug-likeness (QED) is 0.901. The molecule has 1 aromatic rings. The zero-order chi connectivity index (χ0) is 12.5. The first-order chi connectivity index (χ1) is 8.05. The Morgan fingerprint density at radius 2 is 2.18 bits per heavy atom. The van der Waals surface area contributed by atoms with Crippen molar-refractivity contribution in [2.45, 2.75) is 26.2 Å². The number of carbonyl (C=O) groups is 1. The number of hydrogen-bond acceptors (Lipinski definition) is 2. The molecule has 1 aliphatic rings. The third-order valence-corrected chi connectivity index (χ3v) is 3.94. The molecule has 92 valence electrons. The van der Waals surface area contributed by atoms with E-state index in [4.69, 9.17) is 5.73 Å². The largest absolute Gasteiger partial charge is 0.329 e. The highest BCUT2D eigenvalue weighted by Gasteiger charge is 2.42. The predicted octanol–water partition coefficient (Wildman–Crippen LogP) is 2.83. The maximum atomic E-state index is 12.2. The number of halogens is 1. The molecule has 1 aliphatic carbocycles. The lowest BCUT2D eigenvalue weighted by atomic mass is 9.68. The second-order valence-electron chi connectivity index (χ2n) is 4.81. The van der Waals surface area contributed by atoms with Crippen molar-refractivity contribution in [1.29, 1.82) is 0 Å². The number of nitrogens with one attached hydrogen (secondary N) is 1. The van der Waals surface area contributed by atoms with Gasteiger partial charge in [0.2, 0.25) is 5.91 Å². The Kier molecular flexibility index (Phi) is 3.54. The van der Waals surface area contributed by atoms with Crippen molar-refractivity contribution in [1.82, 2.24) is 0 Å². The Balaban J connectivity index is 2.12. The van der Waals surface area contributed by atoms with Crippen LogP contribution >= 0.6 is 15.9 Å². The normalized spacial score (nSPS) is 17.4. The number of carbonyl (C=O) groups excluding carboxylic acids is 1. The van der Waals surface area contributed by atoms with E-state index in [0.29, 0.717) is 6.54 Å². The first-order valence-electron chi connectivity index (χ1n) is 5.84. The Morgan fingerprint density at radius 1 is 1.47 bits per heavy atom. The van der Waals surface area contributed by atoms with Crippen LogP contribution in [0, 0.1) is 12.3 Å².